The summed E-state index contributed by atoms with van der Waals surface area (Å²) in [6, 6.07) is 7.01. The molecular formula is C9H11NO2. The fourth-order valence-corrected chi connectivity index (χ4v) is 0.939. The van der Waals surface area contributed by atoms with Crippen LogP contribution < -0.4 is 5.32 Å². The molecule has 0 radical (unpaired) electrons. The molecule has 0 fully saturated rings. The number of hydrogen-bond donors (Lipinski definition) is 2. The lowest BCUT2D eigenvalue weighted by Crippen LogP contribution is -2.00. The Bertz CT molecular complexity index is 284. The lowest BCUT2D eigenvalue weighted by atomic mass is 10.1. The molecule has 0 spiro atoms. The van der Waals surface area contributed by atoms with E-state index in [1.54, 1.807) is 24.3 Å². The van der Waals surface area contributed by atoms with Crippen LogP contribution in [0.15, 0.2) is 24.3 Å². The van der Waals surface area contributed by atoms with E-state index >= 15 is 0 Å². The highest BCUT2D eigenvalue weighted by Gasteiger charge is 1.98. The maximum absolute atomic E-state index is 10.9. The Labute approximate surface area is 71.0 Å². The summed E-state index contributed by atoms with van der Waals surface area (Å²) in [7, 11) is 0. The lowest BCUT2D eigenvalue weighted by molar-refractivity contribution is 0.101. The predicted molar refractivity (Wildman–Crippen MR) is 47.2 cm³/mol. The molecule has 1 aromatic rings. The van der Waals surface area contributed by atoms with Gasteiger partial charge in [-0.15, -0.1) is 0 Å². The van der Waals surface area contributed by atoms with Crippen LogP contribution in [0, 0.1) is 0 Å². The minimum absolute atomic E-state index is 0.0246. The van der Waals surface area contributed by atoms with Crippen molar-refractivity contribution in [2.75, 3.05) is 12.0 Å². The molecule has 2 N–H and O–H groups in total. The zero-order chi connectivity index (χ0) is 8.97. The largest absolute Gasteiger partial charge is 0.377 e. The van der Waals surface area contributed by atoms with Gasteiger partial charge in [0.05, 0.1) is 0 Å². The standard InChI is InChI=1S/C9H11NO2/c1-7(12)8-3-2-4-9(5-8)10-6-11/h2-5,10-11H,6H2,1H3. The van der Waals surface area contributed by atoms with Gasteiger partial charge in [0, 0.05) is 11.3 Å². The van der Waals surface area contributed by atoms with Gasteiger partial charge in [0.25, 0.3) is 0 Å². The Balaban J connectivity index is 2.88. The van der Waals surface area contributed by atoms with Crippen molar-refractivity contribution in [1.82, 2.24) is 0 Å². The van der Waals surface area contributed by atoms with Gasteiger partial charge in [-0.3, -0.25) is 4.79 Å². The van der Waals surface area contributed by atoms with Gasteiger partial charge in [-0.1, -0.05) is 12.1 Å². The fourth-order valence-electron chi connectivity index (χ4n) is 0.939. The molecule has 3 nitrogen and oxygen atoms in total. The molecule has 64 valence electrons. The number of carbonyl (C=O) groups is 1. The van der Waals surface area contributed by atoms with E-state index in [0.29, 0.717) is 5.56 Å². The molecule has 3 heteroatoms. The predicted octanol–water partition coefficient (Wildman–Crippen LogP) is 1.25. The Morgan fingerprint density at radius 1 is 1.58 bits per heavy atom. The van der Waals surface area contributed by atoms with E-state index in [-0.39, 0.29) is 12.5 Å². The normalized spacial score (nSPS) is 9.50. The van der Waals surface area contributed by atoms with Crippen LogP contribution in [0.3, 0.4) is 0 Å². The highest BCUT2D eigenvalue weighted by Crippen LogP contribution is 2.10. The highest BCUT2D eigenvalue weighted by atomic mass is 16.3. The van der Waals surface area contributed by atoms with Crippen LogP contribution in [0.2, 0.25) is 0 Å². The van der Waals surface area contributed by atoms with Crippen molar-refractivity contribution in [3.63, 3.8) is 0 Å². The van der Waals surface area contributed by atoms with Crippen LogP contribution in [0.4, 0.5) is 5.69 Å². The van der Waals surface area contributed by atoms with Gasteiger partial charge in [-0.05, 0) is 19.1 Å². The minimum atomic E-state index is -0.124. The number of ketones is 1. The number of aliphatic hydroxyl groups is 1. The molecule has 0 saturated carbocycles. The second-order valence-electron chi connectivity index (χ2n) is 2.47. The van der Waals surface area contributed by atoms with E-state index in [1.807, 2.05) is 0 Å². The fraction of sp³-hybridized carbons (Fsp3) is 0.222. The first kappa shape index (κ1) is 8.74. The molecule has 1 aromatic carbocycles. The third-order valence-electron chi connectivity index (χ3n) is 1.55. The van der Waals surface area contributed by atoms with E-state index in [4.69, 9.17) is 5.11 Å². The average Bonchev–Trinajstić information content (AvgIpc) is 2.05. The average molecular weight is 165 g/mol. The van der Waals surface area contributed by atoms with Crippen molar-refractivity contribution in [2.24, 2.45) is 0 Å². The number of carbonyl (C=O) groups excluding carboxylic acids is 1. The van der Waals surface area contributed by atoms with Gasteiger partial charge in [-0.25, -0.2) is 0 Å². The van der Waals surface area contributed by atoms with Gasteiger partial charge >= 0.3 is 0 Å². The van der Waals surface area contributed by atoms with E-state index in [9.17, 15) is 4.79 Å². The Hall–Kier alpha value is -1.35. The Morgan fingerprint density at radius 2 is 2.33 bits per heavy atom. The molecule has 0 bridgehead atoms. The summed E-state index contributed by atoms with van der Waals surface area (Å²) in [6.45, 7) is 1.39. The van der Waals surface area contributed by atoms with Gasteiger partial charge in [0.15, 0.2) is 5.78 Å². The van der Waals surface area contributed by atoms with Crippen molar-refractivity contribution in [2.45, 2.75) is 6.92 Å². The number of Topliss-reactive ketones (excluding diaryl/α,β-unsaturated/α-hetero) is 1. The van der Waals surface area contributed by atoms with Crippen LogP contribution >= 0.6 is 0 Å². The summed E-state index contributed by atoms with van der Waals surface area (Å²) in [4.78, 5) is 10.9. The number of aliphatic hydroxyl groups excluding tert-OH is 1. The molecule has 0 unspecified atom stereocenters. The molecule has 12 heavy (non-hydrogen) atoms. The van der Waals surface area contributed by atoms with Crippen molar-refractivity contribution >= 4 is 11.5 Å². The van der Waals surface area contributed by atoms with Crippen LogP contribution in [0.5, 0.6) is 0 Å². The first-order valence-electron chi connectivity index (χ1n) is 3.70. The lowest BCUT2D eigenvalue weighted by Gasteiger charge is -2.02. The van der Waals surface area contributed by atoms with E-state index < -0.39 is 0 Å². The van der Waals surface area contributed by atoms with Crippen LogP contribution in [-0.4, -0.2) is 17.6 Å². The van der Waals surface area contributed by atoms with E-state index in [2.05, 4.69) is 5.32 Å². The maximum Gasteiger partial charge on any atom is 0.159 e. The van der Waals surface area contributed by atoms with Crippen LogP contribution in [0.25, 0.3) is 0 Å². The minimum Gasteiger partial charge on any atom is -0.377 e. The van der Waals surface area contributed by atoms with E-state index in [1.165, 1.54) is 6.92 Å². The van der Waals surface area contributed by atoms with Gasteiger partial charge in [0.1, 0.15) is 6.73 Å². The summed E-state index contributed by atoms with van der Waals surface area (Å²) >= 11 is 0. The second kappa shape index (κ2) is 3.88. The quantitative estimate of drug-likeness (QED) is 0.523. The monoisotopic (exact) mass is 165 g/mol. The van der Waals surface area contributed by atoms with Gasteiger partial charge < -0.3 is 10.4 Å². The van der Waals surface area contributed by atoms with Gasteiger partial charge in [0.2, 0.25) is 0 Å². The molecule has 0 aromatic heterocycles. The van der Waals surface area contributed by atoms with Crippen LogP contribution in [0.1, 0.15) is 17.3 Å². The number of hydrogen-bond acceptors (Lipinski definition) is 3. The maximum atomic E-state index is 10.9. The summed E-state index contributed by atoms with van der Waals surface area (Å²) in [5.41, 5.74) is 1.40. The van der Waals surface area contributed by atoms with Crippen molar-refractivity contribution in [3.05, 3.63) is 29.8 Å². The Morgan fingerprint density at radius 3 is 2.92 bits per heavy atom. The summed E-state index contributed by atoms with van der Waals surface area (Å²) in [5.74, 6) is 0.0246. The molecule has 0 aliphatic rings. The number of benzene rings is 1. The Kier molecular flexibility index (Phi) is 2.82. The zero-order valence-corrected chi connectivity index (χ0v) is 6.87. The van der Waals surface area contributed by atoms with Crippen LogP contribution in [-0.2, 0) is 0 Å². The molecule has 0 amide bonds. The van der Waals surface area contributed by atoms with Crippen molar-refractivity contribution in [1.29, 1.82) is 0 Å². The number of rotatable bonds is 3. The number of anilines is 1. The zero-order valence-electron chi connectivity index (χ0n) is 6.87. The first-order chi connectivity index (χ1) is 5.74. The molecule has 0 saturated heterocycles. The molecule has 0 aliphatic carbocycles. The molecule has 1 rings (SSSR count). The molecule has 0 heterocycles. The van der Waals surface area contributed by atoms with Gasteiger partial charge in [-0.2, -0.15) is 0 Å². The smallest absolute Gasteiger partial charge is 0.159 e. The first-order valence-corrected chi connectivity index (χ1v) is 3.70. The summed E-state index contributed by atoms with van der Waals surface area (Å²) in [6.07, 6.45) is 0. The highest BCUT2D eigenvalue weighted by molar-refractivity contribution is 5.94. The molecule has 0 aliphatic heterocycles. The molecular weight excluding hydrogens is 154 g/mol. The summed E-state index contributed by atoms with van der Waals surface area (Å²) in [5, 5.41) is 11.3. The number of nitrogens with one attached hydrogen (secondary N) is 1. The topological polar surface area (TPSA) is 49.3 Å². The third-order valence-corrected chi connectivity index (χ3v) is 1.55. The third kappa shape index (κ3) is 2.07. The van der Waals surface area contributed by atoms with E-state index in [0.717, 1.165) is 5.69 Å². The SMILES string of the molecule is CC(=O)c1cccc(NCO)c1. The van der Waals surface area contributed by atoms with Crippen molar-refractivity contribution in [3.8, 4) is 0 Å². The molecule has 0 atom stereocenters. The summed E-state index contributed by atoms with van der Waals surface area (Å²) < 4.78 is 0. The van der Waals surface area contributed by atoms with Crippen molar-refractivity contribution < 1.29 is 9.90 Å². The second-order valence-corrected chi connectivity index (χ2v) is 2.47.